The van der Waals surface area contributed by atoms with Crippen LogP contribution in [0.15, 0.2) is 54.1 Å². The second-order valence-electron chi connectivity index (χ2n) is 9.59. The van der Waals surface area contributed by atoms with E-state index in [1.165, 1.54) is 13.2 Å². The molecule has 6 atom stereocenters. The van der Waals surface area contributed by atoms with E-state index in [9.17, 15) is 30.0 Å². The number of phenolic OH excluding ortho intramolecular Hbond substituents is 1. The van der Waals surface area contributed by atoms with E-state index in [0.29, 0.717) is 12.0 Å². The van der Waals surface area contributed by atoms with Crippen LogP contribution in [-0.2, 0) is 30.2 Å². The minimum absolute atomic E-state index is 0.0342. The quantitative estimate of drug-likeness (QED) is 0.188. The summed E-state index contributed by atoms with van der Waals surface area (Å²) in [5.41, 5.74) is 1.75. The maximum absolute atomic E-state index is 13.5. The largest absolute Gasteiger partial charge is 0.504 e. The van der Waals surface area contributed by atoms with E-state index in [1.54, 1.807) is 25.1 Å². The summed E-state index contributed by atoms with van der Waals surface area (Å²) in [5.74, 6) is -1.41. The van der Waals surface area contributed by atoms with Crippen LogP contribution in [0.1, 0.15) is 31.4 Å². The van der Waals surface area contributed by atoms with Crippen molar-refractivity contribution < 1.29 is 49.0 Å². The van der Waals surface area contributed by atoms with Gasteiger partial charge in [-0.1, -0.05) is 36.4 Å². The van der Waals surface area contributed by atoms with E-state index in [4.69, 9.17) is 18.9 Å². The Balaban J connectivity index is 1.85. The van der Waals surface area contributed by atoms with E-state index < -0.39 is 48.7 Å². The summed E-state index contributed by atoms with van der Waals surface area (Å²) in [7, 11) is 1.41. The van der Waals surface area contributed by atoms with Gasteiger partial charge in [0.2, 0.25) is 0 Å². The molecule has 1 aliphatic heterocycles. The van der Waals surface area contributed by atoms with Crippen molar-refractivity contribution >= 4 is 18.0 Å². The molecule has 5 N–H and O–H groups in total. The van der Waals surface area contributed by atoms with Gasteiger partial charge in [0.25, 0.3) is 0 Å². The van der Waals surface area contributed by atoms with Gasteiger partial charge in [-0.2, -0.15) is 0 Å². The van der Waals surface area contributed by atoms with Crippen molar-refractivity contribution in [2.45, 2.75) is 63.5 Å². The van der Waals surface area contributed by atoms with E-state index in [1.807, 2.05) is 30.3 Å². The molecule has 11 nitrogen and oxygen atoms in total. The van der Waals surface area contributed by atoms with Crippen LogP contribution in [-0.4, -0.2) is 89.4 Å². The van der Waals surface area contributed by atoms with E-state index >= 15 is 0 Å². The molecule has 0 bridgehead atoms. The first-order valence-electron chi connectivity index (χ1n) is 13.0. The van der Waals surface area contributed by atoms with Crippen LogP contribution in [0, 0.1) is 0 Å². The Labute approximate surface area is 233 Å². The van der Waals surface area contributed by atoms with Crippen LogP contribution in [0.5, 0.6) is 11.5 Å². The van der Waals surface area contributed by atoms with Crippen LogP contribution >= 0.6 is 0 Å². The zero-order valence-corrected chi connectivity index (χ0v) is 22.7. The van der Waals surface area contributed by atoms with E-state index in [-0.39, 0.29) is 36.6 Å². The highest BCUT2D eigenvalue weighted by Gasteiger charge is 2.49. The molecule has 1 fully saturated rings. The molecule has 0 unspecified atom stereocenters. The minimum atomic E-state index is -1.71. The first-order valence-corrected chi connectivity index (χ1v) is 13.0. The average molecular weight is 560 g/mol. The molecule has 2 aromatic carbocycles. The molecule has 0 spiro atoms. The summed E-state index contributed by atoms with van der Waals surface area (Å²) >= 11 is 0. The van der Waals surface area contributed by atoms with Gasteiger partial charge in [0.05, 0.1) is 13.2 Å². The SMILES string of the molecule is COc1cc(C=C(CCc2ccccc2)C(=O)O[C@@H]2[C@H](OC(C)=O)[C@@H](O)[C@@H](CNC[C@H](C)O)O[C@H]2O)ccc1O. The standard InChI is InChI=1S/C29H37NO10/c1-17(31)15-30-16-24-25(34)26(38-18(2)32)27(29(36)39-24)40-28(35)21(11-9-19-7-5-4-6-8-19)13-20-10-12-22(33)23(14-20)37-3/h4-8,10,12-14,17,24-27,29-31,33-34,36H,9,11,15-16H2,1-3H3/t17-,24+,25-,26+,27+,29+/m0/s1. The Bertz CT molecular complexity index is 1150. The molecule has 218 valence electrons. The van der Waals surface area contributed by atoms with Gasteiger partial charge in [0.1, 0.15) is 12.2 Å². The van der Waals surface area contributed by atoms with Gasteiger partial charge >= 0.3 is 11.9 Å². The summed E-state index contributed by atoms with van der Waals surface area (Å²) in [6.07, 6.45) is -5.42. The highest BCUT2D eigenvalue weighted by Crippen LogP contribution is 2.29. The fraction of sp³-hybridized carbons (Fsp3) is 0.448. The summed E-state index contributed by atoms with van der Waals surface area (Å²) < 4.78 is 21.6. The van der Waals surface area contributed by atoms with Crippen LogP contribution < -0.4 is 10.1 Å². The summed E-state index contributed by atoms with van der Waals surface area (Å²) in [6, 6.07) is 14.1. The number of benzene rings is 2. The van der Waals surface area contributed by atoms with E-state index in [0.717, 1.165) is 12.5 Å². The van der Waals surface area contributed by atoms with Crippen LogP contribution in [0.3, 0.4) is 0 Å². The molecule has 0 saturated carbocycles. The number of aromatic hydroxyl groups is 1. The van der Waals surface area contributed by atoms with Crippen LogP contribution in [0.4, 0.5) is 0 Å². The molecule has 0 radical (unpaired) electrons. The highest BCUT2D eigenvalue weighted by atomic mass is 16.7. The lowest BCUT2D eigenvalue weighted by Crippen LogP contribution is -2.62. The number of rotatable bonds is 12. The molecule has 1 heterocycles. The van der Waals surface area contributed by atoms with Gasteiger partial charge < -0.3 is 44.7 Å². The first kappa shape index (κ1) is 31.1. The molecule has 2 aromatic rings. The number of aliphatic hydroxyl groups is 3. The third-order valence-electron chi connectivity index (χ3n) is 6.30. The van der Waals surface area contributed by atoms with Crippen molar-refractivity contribution in [2.24, 2.45) is 0 Å². The van der Waals surface area contributed by atoms with Crippen molar-refractivity contribution in [2.75, 3.05) is 20.2 Å². The smallest absolute Gasteiger partial charge is 0.334 e. The molecule has 1 aliphatic rings. The maximum atomic E-state index is 13.5. The van der Waals surface area contributed by atoms with Crippen molar-refractivity contribution in [1.29, 1.82) is 0 Å². The number of nitrogens with one attached hydrogen (secondary N) is 1. The number of aliphatic hydroxyl groups excluding tert-OH is 3. The third-order valence-corrected chi connectivity index (χ3v) is 6.30. The fourth-order valence-corrected chi connectivity index (χ4v) is 4.30. The molecule has 0 amide bonds. The van der Waals surface area contributed by atoms with Crippen molar-refractivity contribution in [3.63, 3.8) is 0 Å². The molecule has 40 heavy (non-hydrogen) atoms. The van der Waals surface area contributed by atoms with Gasteiger partial charge in [-0.15, -0.1) is 0 Å². The normalized spacial score (nSPS) is 23.8. The van der Waals surface area contributed by atoms with Crippen LogP contribution in [0.25, 0.3) is 6.08 Å². The van der Waals surface area contributed by atoms with Crippen molar-refractivity contribution in [3.8, 4) is 11.5 Å². The lowest BCUT2D eigenvalue weighted by molar-refractivity contribution is -0.287. The second kappa shape index (κ2) is 14.8. The average Bonchev–Trinajstić information content (AvgIpc) is 2.92. The Kier molecular flexibility index (Phi) is 11.5. The third kappa shape index (κ3) is 8.77. The van der Waals surface area contributed by atoms with Crippen LogP contribution in [0.2, 0.25) is 0 Å². The van der Waals surface area contributed by atoms with Gasteiger partial charge in [-0.05, 0) is 49.1 Å². The zero-order chi connectivity index (χ0) is 29.2. The number of carbonyl (C=O) groups is 2. The molecular weight excluding hydrogens is 522 g/mol. The predicted octanol–water partition coefficient (Wildman–Crippen LogP) is 1.31. The Hall–Kier alpha value is -3.48. The molecule has 0 aromatic heterocycles. The molecule has 0 aliphatic carbocycles. The Morgan fingerprint density at radius 2 is 1.82 bits per heavy atom. The molecule has 1 saturated heterocycles. The summed E-state index contributed by atoms with van der Waals surface area (Å²) in [5, 5.41) is 43.9. The number of aryl methyl sites for hydroxylation is 1. The van der Waals surface area contributed by atoms with Crippen molar-refractivity contribution in [3.05, 3.63) is 65.2 Å². The van der Waals surface area contributed by atoms with Gasteiger partial charge in [-0.25, -0.2) is 4.79 Å². The molecule has 3 rings (SSSR count). The Morgan fingerprint density at radius 1 is 1.10 bits per heavy atom. The zero-order valence-electron chi connectivity index (χ0n) is 22.7. The second-order valence-corrected chi connectivity index (χ2v) is 9.59. The van der Waals surface area contributed by atoms with E-state index in [2.05, 4.69) is 5.32 Å². The number of esters is 2. The summed E-state index contributed by atoms with van der Waals surface area (Å²) in [6.45, 7) is 2.95. The number of methoxy groups -OCH3 is 1. The topological polar surface area (TPSA) is 164 Å². The van der Waals surface area contributed by atoms with Gasteiger partial charge in [-0.3, -0.25) is 4.79 Å². The number of hydrogen-bond donors (Lipinski definition) is 5. The maximum Gasteiger partial charge on any atom is 0.334 e. The lowest BCUT2D eigenvalue weighted by atomic mass is 9.97. The number of phenols is 1. The van der Waals surface area contributed by atoms with Crippen molar-refractivity contribution in [1.82, 2.24) is 5.32 Å². The van der Waals surface area contributed by atoms with Gasteiger partial charge in [0, 0.05) is 25.6 Å². The monoisotopic (exact) mass is 559 g/mol. The number of carbonyl (C=O) groups excluding carboxylic acids is 2. The molecular formula is C29H37NO10. The first-order chi connectivity index (χ1) is 19.1. The number of hydrogen-bond acceptors (Lipinski definition) is 11. The number of ether oxygens (including phenoxy) is 4. The minimum Gasteiger partial charge on any atom is -0.504 e. The lowest BCUT2D eigenvalue weighted by Gasteiger charge is -2.41. The Morgan fingerprint density at radius 3 is 2.48 bits per heavy atom. The van der Waals surface area contributed by atoms with Gasteiger partial charge in [0.15, 0.2) is 30.0 Å². The fourth-order valence-electron chi connectivity index (χ4n) is 4.30. The predicted molar refractivity (Wildman–Crippen MR) is 144 cm³/mol. The summed E-state index contributed by atoms with van der Waals surface area (Å²) in [4.78, 5) is 25.3. The molecule has 11 heteroatoms. The highest BCUT2D eigenvalue weighted by molar-refractivity contribution is 5.94.